The topological polar surface area (TPSA) is 21.3 Å². The van der Waals surface area contributed by atoms with Crippen molar-refractivity contribution in [1.82, 2.24) is 5.32 Å². The quantitative estimate of drug-likeness (QED) is 0.514. The molecule has 1 fully saturated rings. The first-order valence-corrected chi connectivity index (χ1v) is 3.03. The average Bonchev–Trinajstić information content (AvgIpc) is 1.73. The summed E-state index contributed by atoms with van der Waals surface area (Å²) in [6.45, 7) is 6.50. The molecule has 0 saturated carbocycles. The SMILES string of the molecule is C=C1OCC2=CC1(C)N2. The molecule has 3 aliphatic rings. The number of hydrogen-bond acceptors (Lipinski definition) is 2. The van der Waals surface area contributed by atoms with Gasteiger partial charge >= 0.3 is 0 Å². The van der Waals surface area contributed by atoms with Crippen molar-refractivity contribution in [1.29, 1.82) is 0 Å². The molecule has 48 valence electrons. The molecule has 0 aromatic carbocycles. The molecule has 2 bridgehead atoms. The molecule has 0 amide bonds. The van der Waals surface area contributed by atoms with Crippen LogP contribution in [0.1, 0.15) is 6.92 Å². The zero-order valence-electron chi connectivity index (χ0n) is 5.40. The largest absolute Gasteiger partial charge is 0.490 e. The number of ether oxygens (including phenoxy) is 1. The van der Waals surface area contributed by atoms with Crippen LogP contribution in [0.4, 0.5) is 0 Å². The molecule has 9 heavy (non-hydrogen) atoms. The van der Waals surface area contributed by atoms with Crippen LogP contribution in [0.5, 0.6) is 0 Å². The fraction of sp³-hybridized carbons (Fsp3) is 0.429. The van der Waals surface area contributed by atoms with Crippen LogP contribution in [0.2, 0.25) is 0 Å². The number of hydrogen-bond donors (Lipinski definition) is 1. The van der Waals surface area contributed by atoms with E-state index in [0.717, 1.165) is 5.76 Å². The predicted molar refractivity (Wildman–Crippen MR) is 34.7 cm³/mol. The predicted octanol–water partition coefficient (Wildman–Crippen LogP) is 0.776. The van der Waals surface area contributed by atoms with Crippen molar-refractivity contribution in [2.24, 2.45) is 0 Å². The van der Waals surface area contributed by atoms with Crippen molar-refractivity contribution in [3.8, 4) is 0 Å². The van der Waals surface area contributed by atoms with Crippen LogP contribution < -0.4 is 5.32 Å². The molecular weight excluding hydrogens is 114 g/mol. The molecule has 3 rings (SSSR count). The minimum atomic E-state index is -0.0480. The fourth-order valence-electron chi connectivity index (χ4n) is 1.22. The Hall–Kier alpha value is -0.920. The molecule has 2 heteroatoms. The number of morpholine rings is 1. The molecule has 0 aromatic heterocycles. The van der Waals surface area contributed by atoms with Crippen molar-refractivity contribution in [2.75, 3.05) is 6.61 Å². The molecule has 1 N–H and O–H groups in total. The Morgan fingerprint density at radius 1 is 1.89 bits per heavy atom. The first-order chi connectivity index (χ1) is 4.21. The van der Waals surface area contributed by atoms with E-state index < -0.39 is 0 Å². The van der Waals surface area contributed by atoms with Gasteiger partial charge in [-0.15, -0.1) is 0 Å². The van der Waals surface area contributed by atoms with Gasteiger partial charge in [-0.2, -0.15) is 0 Å². The van der Waals surface area contributed by atoms with Crippen molar-refractivity contribution in [3.63, 3.8) is 0 Å². The van der Waals surface area contributed by atoms with E-state index in [1.54, 1.807) is 0 Å². The Kier molecular flexibility index (Phi) is 0.628. The number of rotatable bonds is 0. The van der Waals surface area contributed by atoms with Gasteiger partial charge in [-0.05, 0) is 13.0 Å². The minimum Gasteiger partial charge on any atom is -0.490 e. The van der Waals surface area contributed by atoms with Gasteiger partial charge in [0, 0.05) is 5.70 Å². The normalized spacial score (nSPS) is 37.9. The highest BCUT2D eigenvalue weighted by molar-refractivity contribution is 5.38. The van der Waals surface area contributed by atoms with Gasteiger partial charge in [0.2, 0.25) is 0 Å². The van der Waals surface area contributed by atoms with E-state index >= 15 is 0 Å². The summed E-state index contributed by atoms with van der Waals surface area (Å²) in [7, 11) is 0. The van der Waals surface area contributed by atoms with Crippen LogP contribution in [-0.4, -0.2) is 12.1 Å². The summed E-state index contributed by atoms with van der Waals surface area (Å²) < 4.78 is 5.22. The van der Waals surface area contributed by atoms with E-state index in [0.29, 0.717) is 6.61 Å². The maximum absolute atomic E-state index is 5.22. The van der Waals surface area contributed by atoms with E-state index in [9.17, 15) is 0 Å². The zero-order valence-corrected chi connectivity index (χ0v) is 5.40. The zero-order chi connectivity index (χ0) is 6.48. The molecule has 3 heterocycles. The van der Waals surface area contributed by atoms with Gasteiger partial charge in [0.1, 0.15) is 17.9 Å². The molecule has 0 spiro atoms. The minimum absolute atomic E-state index is 0.0480. The molecule has 0 aliphatic carbocycles. The van der Waals surface area contributed by atoms with Gasteiger partial charge in [-0.25, -0.2) is 0 Å². The highest BCUT2D eigenvalue weighted by Gasteiger charge is 2.39. The second-order valence-corrected chi connectivity index (χ2v) is 2.71. The lowest BCUT2D eigenvalue weighted by Crippen LogP contribution is -2.55. The number of nitrogens with one attached hydrogen (secondary N) is 1. The summed E-state index contributed by atoms with van der Waals surface area (Å²) in [6, 6.07) is 0. The summed E-state index contributed by atoms with van der Waals surface area (Å²) in [5.41, 5.74) is 1.14. The maximum atomic E-state index is 5.22. The second kappa shape index (κ2) is 1.15. The standard InChI is InChI=1S/C7H9NO/c1-5-7(2)3-6(8-7)4-9-5/h3,8H,1,4H2,2H3. The van der Waals surface area contributed by atoms with Crippen LogP contribution in [0.25, 0.3) is 0 Å². The van der Waals surface area contributed by atoms with E-state index in [4.69, 9.17) is 4.74 Å². The fourth-order valence-corrected chi connectivity index (χ4v) is 1.22. The van der Waals surface area contributed by atoms with Gasteiger partial charge < -0.3 is 10.1 Å². The average molecular weight is 123 g/mol. The van der Waals surface area contributed by atoms with E-state index in [1.807, 2.05) is 0 Å². The van der Waals surface area contributed by atoms with Crippen molar-refractivity contribution >= 4 is 0 Å². The van der Waals surface area contributed by atoms with E-state index in [1.165, 1.54) is 5.70 Å². The third-order valence-electron chi connectivity index (χ3n) is 1.86. The summed E-state index contributed by atoms with van der Waals surface area (Å²) in [6.07, 6.45) is 2.15. The van der Waals surface area contributed by atoms with Gasteiger partial charge in [-0.3, -0.25) is 0 Å². The van der Waals surface area contributed by atoms with Crippen LogP contribution >= 0.6 is 0 Å². The molecule has 0 aromatic rings. The van der Waals surface area contributed by atoms with E-state index in [2.05, 4.69) is 24.9 Å². The summed E-state index contributed by atoms with van der Waals surface area (Å²) in [5, 5.41) is 3.24. The van der Waals surface area contributed by atoms with Crippen molar-refractivity contribution in [2.45, 2.75) is 12.5 Å². The first kappa shape index (κ1) is 4.91. The molecule has 1 atom stereocenters. The molecular formula is C7H9NO. The third-order valence-corrected chi connectivity index (χ3v) is 1.86. The summed E-state index contributed by atoms with van der Waals surface area (Å²) in [5.74, 6) is 0.831. The van der Waals surface area contributed by atoms with Crippen LogP contribution in [-0.2, 0) is 4.74 Å². The van der Waals surface area contributed by atoms with Crippen molar-refractivity contribution in [3.05, 3.63) is 24.1 Å². The van der Waals surface area contributed by atoms with Gasteiger partial charge in [0.25, 0.3) is 0 Å². The Labute approximate surface area is 54.2 Å². The van der Waals surface area contributed by atoms with Crippen LogP contribution in [0.15, 0.2) is 24.1 Å². The lowest BCUT2D eigenvalue weighted by atomic mass is 9.89. The summed E-state index contributed by atoms with van der Waals surface area (Å²) in [4.78, 5) is 0. The summed E-state index contributed by atoms with van der Waals surface area (Å²) >= 11 is 0. The Morgan fingerprint density at radius 2 is 2.56 bits per heavy atom. The van der Waals surface area contributed by atoms with Gasteiger partial charge in [-0.1, -0.05) is 6.58 Å². The molecule has 2 nitrogen and oxygen atoms in total. The molecule has 3 aliphatic heterocycles. The molecule has 0 radical (unpaired) electrons. The Morgan fingerprint density at radius 3 is 2.89 bits per heavy atom. The van der Waals surface area contributed by atoms with Gasteiger partial charge in [0.15, 0.2) is 0 Å². The lowest BCUT2D eigenvalue weighted by Gasteiger charge is -2.44. The molecule has 1 saturated heterocycles. The first-order valence-electron chi connectivity index (χ1n) is 3.03. The Balaban J connectivity index is 2.38. The molecule has 1 unspecified atom stereocenters. The van der Waals surface area contributed by atoms with Crippen LogP contribution in [0.3, 0.4) is 0 Å². The highest BCUT2D eigenvalue weighted by Crippen LogP contribution is 2.32. The number of fused-ring (bicyclic) bond motifs is 2. The van der Waals surface area contributed by atoms with Crippen molar-refractivity contribution < 1.29 is 4.74 Å². The lowest BCUT2D eigenvalue weighted by molar-refractivity contribution is 0.131. The van der Waals surface area contributed by atoms with Crippen LogP contribution in [0, 0.1) is 0 Å². The highest BCUT2D eigenvalue weighted by atomic mass is 16.5. The third kappa shape index (κ3) is 0.453. The maximum Gasteiger partial charge on any atom is 0.127 e. The monoisotopic (exact) mass is 123 g/mol. The van der Waals surface area contributed by atoms with Gasteiger partial charge in [0.05, 0.1) is 0 Å². The second-order valence-electron chi connectivity index (χ2n) is 2.71. The smallest absolute Gasteiger partial charge is 0.127 e. The Bertz CT molecular complexity index is 207. The van der Waals surface area contributed by atoms with E-state index in [-0.39, 0.29) is 5.54 Å².